The van der Waals surface area contributed by atoms with E-state index in [1.807, 2.05) is 0 Å². The van der Waals surface area contributed by atoms with Crippen molar-refractivity contribution in [3.63, 3.8) is 0 Å². The molecule has 0 aromatic rings. The van der Waals surface area contributed by atoms with Crippen molar-refractivity contribution in [1.82, 2.24) is 0 Å². The van der Waals surface area contributed by atoms with Gasteiger partial charge in [0.1, 0.15) is 122 Å². The number of carbonyl (C=O) groups is 1. The van der Waals surface area contributed by atoms with Crippen LogP contribution in [-0.4, -0.2) is 308 Å². The van der Waals surface area contributed by atoms with Crippen LogP contribution in [0.1, 0.15) is 127 Å². The van der Waals surface area contributed by atoms with E-state index in [-0.39, 0.29) is 39.9 Å². The van der Waals surface area contributed by atoms with Gasteiger partial charge in [0.05, 0.1) is 43.5 Å². The molecule has 31 nitrogen and oxygen atoms in total. The lowest BCUT2D eigenvalue weighted by Crippen LogP contribution is -2.66. The number of hydrogen-bond acceptors (Lipinski definition) is 31. The molecule has 0 amide bonds. The summed E-state index contributed by atoms with van der Waals surface area (Å²) in [7, 11) is 0. The maximum atomic E-state index is 15.5. The van der Waals surface area contributed by atoms with Gasteiger partial charge in [-0.3, -0.25) is 4.79 Å². The van der Waals surface area contributed by atoms with E-state index in [2.05, 4.69) is 48.5 Å². The van der Waals surface area contributed by atoms with Crippen molar-refractivity contribution in [2.45, 2.75) is 317 Å². The molecule has 552 valence electrons. The van der Waals surface area contributed by atoms with Crippen LogP contribution >= 0.6 is 0 Å². The molecule has 0 radical (unpaired) electrons. The summed E-state index contributed by atoms with van der Waals surface area (Å²) in [5.74, 6) is -0.545. The second kappa shape index (κ2) is 28.3. The van der Waals surface area contributed by atoms with Crippen molar-refractivity contribution in [2.24, 2.45) is 50.7 Å². The standard InChI is InChI=1S/C65H106O31/c1-23-18-27-26(10-11-32-62(6,7)33(12-13-63(27,32)8)91-57-45(78)40(73)46(79)58(96-57)94-52-41(74)35(68)24(2)87-59(52)93-50-37(70)29(20-66)88-54(83)47(50)80)64(9)15-17-65(16-14-61(4,5)19-28(65)34(23)64)60(84)95-51-38(71)30(21-67)89-55(48(51)81)85-22-31-36(69)39(72)44(77)56(90-31)92-49-25(3)86-53(82)43(76)42(49)75/h24-33,35-59,66-83H,10-22H2,1-9H3/t24-,25-,26-,27+,28+,29+,30+,31+,32+,33-,35-,36+,37-,38+,39-,40+,41+,42-,43+,44+,45-,46-,47+,48+,49-,50+,51-,52-,53+,54-,55-,56+,57+,58-,59-,63+,64-,65-/m0/s1. The number of allylic oxidation sites excluding steroid dienone is 2. The van der Waals surface area contributed by atoms with Crippen LogP contribution in [-0.2, 0) is 61.6 Å². The highest BCUT2D eigenvalue weighted by molar-refractivity contribution is 5.79. The minimum atomic E-state index is -1.96. The summed E-state index contributed by atoms with van der Waals surface area (Å²) in [4.78, 5) is 15.5. The smallest absolute Gasteiger partial charge is 0.313 e. The number of aliphatic hydroxyl groups excluding tert-OH is 18. The Morgan fingerprint density at radius 2 is 1.03 bits per heavy atom. The zero-order valence-corrected chi connectivity index (χ0v) is 55.8. The van der Waals surface area contributed by atoms with Gasteiger partial charge in [-0.1, -0.05) is 52.7 Å². The van der Waals surface area contributed by atoms with Gasteiger partial charge in [0, 0.05) is 0 Å². The molecule has 0 aromatic carbocycles. The van der Waals surface area contributed by atoms with Crippen LogP contribution in [0.5, 0.6) is 0 Å². The summed E-state index contributed by atoms with van der Waals surface area (Å²) < 4.78 is 70.6. The number of fused-ring (bicyclic) bond motifs is 7. The van der Waals surface area contributed by atoms with Gasteiger partial charge in [-0.25, -0.2) is 0 Å². The first kappa shape index (κ1) is 75.2. The highest BCUT2D eigenvalue weighted by Crippen LogP contribution is 2.73. The van der Waals surface area contributed by atoms with Crippen LogP contribution in [0.15, 0.2) is 11.1 Å². The Balaban J connectivity index is 0.777. The van der Waals surface area contributed by atoms with Crippen molar-refractivity contribution in [1.29, 1.82) is 0 Å². The molecule has 6 aliphatic heterocycles. The van der Waals surface area contributed by atoms with E-state index in [4.69, 9.17) is 56.8 Å². The molecule has 4 saturated carbocycles. The highest BCUT2D eigenvalue weighted by atomic mass is 16.8. The van der Waals surface area contributed by atoms with Crippen LogP contribution in [0.2, 0.25) is 0 Å². The van der Waals surface area contributed by atoms with Crippen molar-refractivity contribution in [3.05, 3.63) is 11.1 Å². The largest absolute Gasteiger partial charge is 0.456 e. The summed E-state index contributed by atoms with van der Waals surface area (Å²) in [5, 5.41) is 196. The van der Waals surface area contributed by atoms with E-state index in [9.17, 15) is 91.9 Å². The minimum absolute atomic E-state index is 0.0416. The average molecular weight is 1380 g/mol. The minimum Gasteiger partial charge on any atom is -0.456 e. The Morgan fingerprint density at radius 3 is 1.70 bits per heavy atom. The van der Waals surface area contributed by atoms with Gasteiger partial charge in [-0.05, 0) is 130 Å². The molecule has 11 rings (SSSR count). The number of aliphatic hydroxyl groups is 18. The molecule has 0 bridgehead atoms. The van der Waals surface area contributed by atoms with Crippen molar-refractivity contribution in [2.75, 3.05) is 19.8 Å². The maximum Gasteiger partial charge on any atom is 0.313 e. The first-order valence-corrected chi connectivity index (χ1v) is 34.1. The van der Waals surface area contributed by atoms with Gasteiger partial charge in [0.2, 0.25) is 0 Å². The highest BCUT2D eigenvalue weighted by Gasteiger charge is 2.68. The molecule has 0 aromatic heterocycles. The van der Waals surface area contributed by atoms with Gasteiger partial charge in [-0.2, -0.15) is 0 Å². The maximum absolute atomic E-state index is 15.5. The van der Waals surface area contributed by atoms with E-state index >= 15 is 4.79 Å². The van der Waals surface area contributed by atoms with E-state index in [0.29, 0.717) is 44.9 Å². The molecule has 38 atom stereocenters. The van der Waals surface area contributed by atoms with Crippen molar-refractivity contribution in [3.8, 4) is 0 Å². The van der Waals surface area contributed by atoms with E-state index in [0.717, 1.165) is 19.3 Å². The van der Waals surface area contributed by atoms with Crippen LogP contribution < -0.4 is 0 Å². The van der Waals surface area contributed by atoms with E-state index in [1.54, 1.807) is 0 Å². The molecule has 11 aliphatic rings. The Kier molecular flexibility index (Phi) is 22.1. The lowest BCUT2D eigenvalue weighted by atomic mass is 9.37. The summed E-state index contributed by atoms with van der Waals surface area (Å²) in [6.45, 7) is 16.0. The van der Waals surface area contributed by atoms with Crippen LogP contribution in [0, 0.1) is 50.7 Å². The normalized spacial score (nSPS) is 54.3. The zero-order chi connectivity index (χ0) is 70.1. The summed E-state index contributed by atoms with van der Waals surface area (Å²) >= 11 is 0. The Labute approximate surface area is 556 Å². The molecule has 6 saturated heterocycles. The molecule has 31 heteroatoms. The molecular weight excluding hydrogens is 1280 g/mol. The SMILES string of the molecule is CC1=C2[C@H]3CC(C)(C)CC[C@]3(C(=O)O[C@@H]3[C@@H](O)[C@@H](OC[C@H]4O[C@H](O[C@@H]5[C@@H](O)[C@@H](O)[C@H](O)O[C@H]5C)[C@H](O)[C@@H](O)[C@@H]4O)O[C@H](CO)[C@H]3O)CC[C@@]2(C)[C@H]2CC[C@@H]3C(C)(C)[C@@H](O[C@@H]4O[C@H](O[C@@H]5[C@H](O[C@H]6[C@@H](O)[C@@H](O)O[C@H](CO)[C@@H]6O)O[C@@H](C)[C@H](O)[C@H]5O)[C@@H](O)[C@H](O)[C@@H]4O)CC[C@]3(C)[C@@H]2C1. The second-order valence-electron chi connectivity index (χ2n) is 31.4. The zero-order valence-electron chi connectivity index (χ0n) is 55.8. The first-order valence-electron chi connectivity index (χ1n) is 34.1. The molecule has 0 unspecified atom stereocenters. The lowest BCUT2D eigenvalue weighted by Gasteiger charge is -2.68. The fourth-order valence-corrected chi connectivity index (χ4v) is 19.1. The third-order valence-electron chi connectivity index (χ3n) is 24.8. The summed E-state index contributed by atoms with van der Waals surface area (Å²) in [5.41, 5.74) is -0.156. The third kappa shape index (κ3) is 13.1. The predicted octanol–water partition coefficient (Wildman–Crippen LogP) is -4.37. The number of esters is 1. The second-order valence-corrected chi connectivity index (χ2v) is 31.4. The van der Waals surface area contributed by atoms with Crippen LogP contribution in [0.3, 0.4) is 0 Å². The number of hydrogen-bond donors (Lipinski definition) is 18. The van der Waals surface area contributed by atoms with Crippen LogP contribution in [0.25, 0.3) is 0 Å². The quantitative estimate of drug-likeness (QED) is 0.0418. The summed E-state index contributed by atoms with van der Waals surface area (Å²) in [6, 6.07) is 0. The van der Waals surface area contributed by atoms with Crippen molar-refractivity contribution >= 4 is 5.97 Å². The van der Waals surface area contributed by atoms with Gasteiger partial charge < -0.3 is 149 Å². The van der Waals surface area contributed by atoms with Crippen LogP contribution in [0.4, 0.5) is 0 Å². The number of rotatable bonds is 15. The topological polar surface area (TPSA) is 492 Å². The molecule has 96 heavy (non-hydrogen) atoms. The Bertz CT molecular complexity index is 2710. The lowest BCUT2D eigenvalue weighted by molar-refractivity contribution is -0.406. The van der Waals surface area contributed by atoms with Gasteiger partial charge in [0.15, 0.2) is 50.1 Å². The molecule has 5 aliphatic carbocycles. The number of ether oxygens (including phenoxy) is 12. The number of carbonyl (C=O) groups excluding carboxylic acids is 1. The molecule has 10 fully saturated rings. The monoisotopic (exact) mass is 1380 g/mol. The fraction of sp³-hybridized carbons (Fsp3) is 0.954. The van der Waals surface area contributed by atoms with Gasteiger partial charge in [0.25, 0.3) is 0 Å². The Morgan fingerprint density at radius 1 is 0.469 bits per heavy atom. The fourth-order valence-electron chi connectivity index (χ4n) is 19.1. The third-order valence-corrected chi connectivity index (χ3v) is 24.8. The summed E-state index contributed by atoms with van der Waals surface area (Å²) in [6.07, 6.45) is -45.3. The molecule has 6 heterocycles. The van der Waals surface area contributed by atoms with Gasteiger partial charge >= 0.3 is 5.97 Å². The first-order chi connectivity index (χ1) is 45.0. The van der Waals surface area contributed by atoms with E-state index in [1.165, 1.54) is 25.0 Å². The predicted molar refractivity (Wildman–Crippen MR) is 320 cm³/mol. The van der Waals surface area contributed by atoms with Gasteiger partial charge in [-0.15, -0.1) is 0 Å². The van der Waals surface area contributed by atoms with Crippen molar-refractivity contribution < 1.29 is 154 Å². The molecule has 0 spiro atoms. The average Bonchev–Trinajstić information content (AvgIpc) is 0.684. The Hall–Kier alpha value is -1.95. The van der Waals surface area contributed by atoms with E-state index < -0.39 is 227 Å². The molecular formula is C65H106O31. The molecule has 18 N–H and O–H groups in total.